The Kier molecular flexibility index (Phi) is 9.50. The summed E-state index contributed by atoms with van der Waals surface area (Å²) in [5, 5.41) is 0. The van der Waals surface area contributed by atoms with Crippen molar-refractivity contribution < 1.29 is 17.8 Å². The van der Waals surface area contributed by atoms with Gasteiger partial charge in [-0.05, 0) is 6.42 Å². The van der Waals surface area contributed by atoms with Crippen LogP contribution in [0.1, 0.15) is 40.0 Å². The van der Waals surface area contributed by atoms with Gasteiger partial charge in [0, 0.05) is 12.8 Å². The molecule has 0 aliphatic heterocycles. The van der Waals surface area contributed by atoms with Crippen molar-refractivity contribution >= 4 is 15.9 Å². The Bertz CT molecular complexity index is 212. The summed E-state index contributed by atoms with van der Waals surface area (Å²) >= 11 is 0. The molecule has 0 aromatic rings. The fourth-order valence-electron chi connectivity index (χ4n) is 0.508. The molecule has 1 N–H and O–H groups in total. The molecule has 0 saturated carbocycles. The molecule has 0 unspecified atom stereocenters. The van der Waals surface area contributed by atoms with Crippen LogP contribution in [0.4, 0.5) is 0 Å². The maximum absolute atomic E-state index is 10.2. The van der Waals surface area contributed by atoms with Gasteiger partial charge in [-0.15, -0.1) is 0 Å². The normalized spacial score (nSPS) is 10.2. The average Bonchev–Trinajstić information content (AvgIpc) is 2.02. The molecule has 0 fully saturated rings. The molecular formula is C8H18O4S. The SMILES string of the molecule is CCC(=O)CC.CCCS(=O)(=O)O. The van der Waals surface area contributed by atoms with E-state index in [1.54, 1.807) is 6.92 Å². The lowest BCUT2D eigenvalue weighted by Gasteiger charge is -1.85. The Morgan fingerprint density at radius 2 is 1.54 bits per heavy atom. The molecule has 0 saturated heterocycles. The molecule has 0 atom stereocenters. The zero-order valence-corrected chi connectivity index (χ0v) is 9.23. The molecule has 0 spiro atoms. The van der Waals surface area contributed by atoms with Gasteiger partial charge in [0.15, 0.2) is 0 Å². The number of ketones is 1. The van der Waals surface area contributed by atoms with Crippen LogP contribution in [0.3, 0.4) is 0 Å². The van der Waals surface area contributed by atoms with Crippen LogP contribution < -0.4 is 0 Å². The summed E-state index contributed by atoms with van der Waals surface area (Å²) in [7, 11) is -3.67. The minimum absolute atomic E-state index is 0.132. The quantitative estimate of drug-likeness (QED) is 0.716. The third-order valence-electron chi connectivity index (χ3n) is 1.25. The van der Waals surface area contributed by atoms with E-state index in [0.29, 0.717) is 25.0 Å². The van der Waals surface area contributed by atoms with Crippen molar-refractivity contribution in [3.05, 3.63) is 0 Å². The van der Waals surface area contributed by atoms with E-state index in [0.717, 1.165) is 0 Å². The lowest BCUT2D eigenvalue weighted by molar-refractivity contribution is -0.118. The molecule has 0 aromatic carbocycles. The van der Waals surface area contributed by atoms with E-state index in [4.69, 9.17) is 4.55 Å². The monoisotopic (exact) mass is 210 g/mol. The van der Waals surface area contributed by atoms with Crippen molar-refractivity contribution in [2.45, 2.75) is 40.0 Å². The molecule has 80 valence electrons. The van der Waals surface area contributed by atoms with E-state index >= 15 is 0 Å². The molecular weight excluding hydrogens is 192 g/mol. The second-order valence-corrected chi connectivity index (χ2v) is 4.10. The Hall–Kier alpha value is -0.420. The minimum Gasteiger partial charge on any atom is -0.300 e. The maximum Gasteiger partial charge on any atom is 0.264 e. The van der Waals surface area contributed by atoms with Gasteiger partial charge < -0.3 is 0 Å². The van der Waals surface area contributed by atoms with Crippen LogP contribution in [0.25, 0.3) is 0 Å². The molecule has 0 bridgehead atoms. The van der Waals surface area contributed by atoms with E-state index in [9.17, 15) is 13.2 Å². The summed E-state index contributed by atoms with van der Waals surface area (Å²) in [5.74, 6) is 0.211. The number of hydrogen-bond acceptors (Lipinski definition) is 3. The zero-order chi connectivity index (χ0) is 10.9. The summed E-state index contributed by atoms with van der Waals surface area (Å²) in [6, 6.07) is 0. The Balaban J connectivity index is 0. The molecule has 0 radical (unpaired) electrons. The topological polar surface area (TPSA) is 71.4 Å². The number of hydrogen-bond donors (Lipinski definition) is 1. The van der Waals surface area contributed by atoms with E-state index in [1.807, 2.05) is 13.8 Å². The fraction of sp³-hybridized carbons (Fsp3) is 0.875. The first-order chi connectivity index (χ1) is 5.87. The third-order valence-corrected chi connectivity index (χ3v) is 2.17. The van der Waals surface area contributed by atoms with Crippen LogP contribution in [-0.2, 0) is 14.9 Å². The van der Waals surface area contributed by atoms with Gasteiger partial charge in [0.1, 0.15) is 5.78 Å². The van der Waals surface area contributed by atoms with Crippen LogP contribution in [0.2, 0.25) is 0 Å². The van der Waals surface area contributed by atoms with Gasteiger partial charge in [0.05, 0.1) is 5.75 Å². The number of carbonyl (C=O) groups excluding carboxylic acids is 1. The lowest BCUT2D eigenvalue weighted by Crippen LogP contribution is -2.01. The number of Topliss-reactive ketones (excluding diaryl/α,β-unsaturated/α-hetero) is 1. The fourth-order valence-corrected chi connectivity index (χ4v) is 1.02. The standard InChI is InChI=1S/C5H10O.C3H8O3S/c1-3-5(6)4-2;1-2-3-7(4,5)6/h3-4H2,1-2H3;2-3H2,1H3,(H,4,5,6). The number of rotatable bonds is 4. The highest BCUT2D eigenvalue weighted by molar-refractivity contribution is 7.85. The highest BCUT2D eigenvalue weighted by Crippen LogP contribution is 1.83. The van der Waals surface area contributed by atoms with E-state index in [2.05, 4.69) is 0 Å². The zero-order valence-electron chi connectivity index (χ0n) is 8.41. The van der Waals surface area contributed by atoms with Crippen molar-refractivity contribution in [1.29, 1.82) is 0 Å². The van der Waals surface area contributed by atoms with Crippen LogP contribution in [0.15, 0.2) is 0 Å². The van der Waals surface area contributed by atoms with Crippen molar-refractivity contribution in [3.63, 3.8) is 0 Å². The highest BCUT2D eigenvalue weighted by Gasteiger charge is 1.98. The van der Waals surface area contributed by atoms with Gasteiger partial charge in [-0.25, -0.2) is 0 Å². The van der Waals surface area contributed by atoms with E-state index < -0.39 is 10.1 Å². The first kappa shape index (κ1) is 15.1. The van der Waals surface area contributed by atoms with Crippen LogP contribution >= 0.6 is 0 Å². The largest absolute Gasteiger partial charge is 0.300 e. The molecule has 4 nitrogen and oxygen atoms in total. The predicted molar refractivity (Wildman–Crippen MR) is 52.3 cm³/mol. The van der Waals surface area contributed by atoms with Crippen LogP contribution in [0.5, 0.6) is 0 Å². The summed E-state index contributed by atoms with van der Waals surface area (Å²) < 4.78 is 27.6. The second-order valence-electron chi connectivity index (χ2n) is 2.53. The summed E-state index contributed by atoms with van der Waals surface area (Å²) in [4.78, 5) is 10.2. The van der Waals surface area contributed by atoms with Crippen molar-refractivity contribution in [1.82, 2.24) is 0 Å². The van der Waals surface area contributed by atoms with Crippen molar-refractivity contribution in [3.8, 4) is 0 Å². The Labute approximate surface area is 80.1 Å². The molecule has 0 aliphatic rings. The summed E-state index contributed by atoms with van der Waals surface area (Å²) in [5.41, 5.74) is 0. The summed E-state index contributed by atoms with van der Waals surface area (Å²) in [6.07, 6.45) is 1.85. The minimum atomic E-state index is -3.67. The van der Waals surface area contributed by atoms with E-state index in [-0.39, 0.29) is 5.75 Å². The van der Waals surface area contributed by atoms with Gasteiger partial charge in [0.25, 0.3) is 10.1 Å². The summed E-state index contributed by atoms with van der Waals surface area (Å²) in [6.45, 7) is 5.45. The second kappa shape index (κ2) is 8.19. The van der Waals surface area contributed by atoms with Gasteiger partial charge in [-0.3, -0.25) is 9.35 Å². The van der Waals surface area contributed by atoms with Gasteiger partial charge in [-0.1, -0.05) is 20.8 Å². The van der Waals surface area contributed by atoms with Gasteiger partial charge in [0.2, 0.25) is 0 Å². The number of carbonyl (C=O) groups is 1. The molecule has 0 heterocycles. The van der Waals surface area contributed by atoms with Crippen molar-refractivity contribution in [2.24, 2.45) is 0 Å². The lowest BCUT2D eigenvalue weighted by atomic mass is 10.3. The molecule has 0 aromatic heterocycles. The first-order valence-corrected chi connectivity index (χ1v) is 5.95. The van der Waals surface area contributed by atoms with Crippen LogP contribution in [0, 0.1) is 0 Å². The average molecular weight is 210 g/mol. The highest BCUT2D eigenvalue weighted by atomic mass is 32.2. The van der Waals surface area contributed by atoms with E-state index in [1.165, 1.54) is 0 Å². The Morgan fingerprint density at radius 1 is 1.15 bits per heavy atom. The maximum atomic E-state index is 10.2. The molecule has 5 heteroatoms. The van der Waals surface area contributed by atoms with Crippen LogP contribution in [-0.4, -0.2) is 24.5 Å². The van der Waals surface area contributed by atoms with Gasteiger partial charge in [-0.2, -0.15) is 8.42 Å². The van der Waals surface area contributed by atoms with Gasteiger partial charge >= 0.3 is 0 Å². The molecule has 0 rings (SSSR count). The molecule has 0 amide bonds. The van der Waals surface area contributed by atoms with Crippen molar-refractivity contribution in [2.75, 3.05) is 5.75 Å². The Morgan fingerprint density at radius 3 is 1.54 bits per heavy atom. The molecule has 13 heavy (non-hydrogen) atoms. The predicted octanol–water partition coefficient (Wildman–Crippen LogP) is 1.66. The molecule has 0 aliphatic carbocycles. The first-order valence-electron chi connectivity index (χ1n) is 4.34. The third kappa shape index (κ3) is 18.5. The smallest absolute Gasteiger partial charge is 0.264 e.